The van der Waals surface area contributed by atoms with Crippen LogP contribution in [0.25, 0.3) is 0 Å². The lowest BCUT2D eigenvalue weighted by Gasteiger charge is -2.26. The largest absolute Gasteiger partial charge is 0.396 e. The predicted octanol–water partition coefficient (Wildman–Crippen LogP) is 3.99. The van der Waals surface area contributed by atoms with Crippen LogP contribution in [0.15, 0.2) is 18.2 Å². The highest BCUT2D eigenvalue weighted by molar-refractivity contribution is 5.90. The fraction of sp³-hybridized carbons (Fsp3) is 0.611. The molecule has 1 amide bonds. The molecule has 21 heavy (non-hydrogen) atoms. The third-order valence-electron chi connectivity index (χ3n) is 3.51. The molecule has 0 aromatic heterocycles. The van der Waals surface area contributed by atoms with Crippen LogP contribution in [0.2, 0.25) is 0 Å². The molecule has 0 saturated carbocycles. The van der Waals surface area contributed by atoms with Crippen molar-refractivity contribution in [3.8, 4) is 0 Å². The van der Waals surface area contributed by atoms with E-state index < -0.39 is 0 Å². The number of carbonyl (C=O) groups is 1. The van der Waals surface area contributed by atoms with E-state index in [1.165, 1.54) is 11.1 Å². The van der Waals surface area contributed by atoms with Crippen LogP contribution >= 0.6 is 0 Å². The Labute approximate surface area is 128 Å². The molecule has 0 bridgehead atoms. The maximum Gasteiger partial charge on any atom is 0.224 e. The number of nitrogens with one attached hydrogen (secondary N) is 1. The number of amides is 1. The molecule has 1 aromatic rings. The van der Waals surface area contributed by atoms with Gasteiger partial charge >= 0.3 is 0 Å². The molecule has 0 aliphatic heterocycles. The van der Waals surface area contributed by atoms with Crippen LogP contribution in [0.5, 0.6) is 0 Å². The first kappa shape index (κ1) is 17.7. The summed E-state index contributed by atoms with van der Waals surface area (Å²) >= 11 is 0. The van der Waals surface area contributed by atoms with Crippen LogP contribution in [0, 0.1) is 0 Å². The van der Waals surface area contributed by atoms with Gasteiger partial charge in [-0.05, 0) is 40.5 Å². The number of aliphatic hydroxyl groups excluding tert-OH is 1. The molecule has 0 spiro atoms. The molecule has 0 aliphatic rings. The maximum absolute atomic E-state index is 11.9. The van der Waals surface area contributed by atoms with Gasteiger partial charge in [-0.1, -0.05) is 47.6 Å². The minimum absolute atomic E-state index is 0.0336. The number of hydrogen-bond donors (Lipinski definition) is 2. The topological polar surface area (TPSA) is 49.3 Å². The zero-order valence-corrected chi connectivity index (χ0v) is 14.2. The lowest BCUT2D eigenvalue weighted by molar-refractivity contribution is -0.116. The SMILES string of the molecule is CC(C)(C)c1cc(NC(=O)CCCO)cc(C(C)(C)C)c1. The molecule has 2 N–H and O–H groups in total. The molecule has 3 heteroatoms. The first-order chi connectivity index (χ1) is 9.54. The lowest BCUT2D eigenvalue weighted by Crippen LogP contribution is -2.18. The Kier molecular flexibility index (Phi) is 5.57. The summed E-state index contributed by atoms with van der Waals surface area (Å²) < 4.78 is 0. The number of rotatable bonds is 4. The fourth-order valence-corrected chi connectivity index (χ4v) is 2.03. The van der Waals surface area contributed by atoms with Crippen LogP contribution in [0.1, 0.15) is 65.5 Å². The molecule has 1 aromatic carbocycles. The molecular formula is C18H29NO2. The summed E-state index contributed by atoms with van der Waals surface area (Å²) in [5.41, 5.74) is 3.34. The van der Waals surface area contributed by atoms with Gasteiger partial charge < -0.3 is 10.4 Å². The van der Waals surface area contributed by atoms with Crippen molar-refractivity contribution >= 4 is 11.6 Å². The van der Waals surface area contributed by atoms with Crippen molar-refractivity contribution < 1.29 is 9.90 Å². The summed E-state index contributed by atoms with van der Waals surface area (Å²) in [6.07, 6.45) is 0.845. The highest BCUT2D eigenvalue weighted by atomic mass is 16.3. The van der Waals surface area contributed by atoms with E-state index in [-0.39, 0.29) is 23.3 Å². The van der Waals surface area contributed by atoms with Crippen molar-refractivity contribution in [1.29, 1.82) is 0 Å². The Morgan fingerprint density at radius 3 is 1.86 bits per heavy atom. The molecule has 0 fully saturated rings. The van der Waals surface area contributed by atoms with Gasteiger partial charge in [0, 0.05) is 18.7 Å². The zero-order valence-electron chi connectivity index (χ0n) is 14.2. The molecule has 0 aliphatic carbocycles. The number of hydrogen-bond acceptors (Lipinski definition) is 2. The summed E-state index contributed by atoms with van der Waals surface area (Å²) in [6.45, 7) is 13.1. The van der Waals surface area contributed by atoms with Crippen molar-refractivity contribution in [1.82, 2.24) is 0 Å². The first-order valence-electron chi connectivity index (χ1n) is 7.61. The van der Waals surface area contributed by atoms with Crippen molar-refractivity contribution in [2.24, 2.45) is 0 Å². The number of benzene rings is 1. The molecule has 3 nitrogen and oxygen atoms in total. The zero-order chi connectivity index (χ0) is 16.3. The van der Waals surface area contributed by atoms with Gasteiger partial charge in [-0.3, -0.25) is 4.79 Å². The molecule has 118 valence electrons. The highest BCUT2D eigenvalue weighted by Crippen LogP contribution is 2.32. The van der Waals surface area contributed by atoms with E-state index in [1.54, 1.807) is 0 Å². The molecule has 1 rings (SSSR count). The third kappa shape index (κ3) is 5.50. The van der Waals surface area contributed by atoms with E-state index in [2.05, 4.69) is 52.9 Å². The van der Waals surface area contributed by atoms with E-state index in [1.807, 2.05) is 12.1 Å². The summed E-state index contributed by atoms with van der Waals surface area (Å²) in [5.74, 6) is -0.0463. The van der Waals surface area contributed by atoms with Crippen LogP contribution in [-0.2, 0) is 15.6 Å². The standard InChI is InChI=1S/C18H29NO2/c1-17(2,3)13-10-14(18(4,5)6)12-15(11-13)19-16(21)8-7-9-20/h10-12,20H,7-9H2,1-6H3,(H,19,21). The van der Waals surface area contributed by atoms with Gasteiger partial charge in [-0.15, -0.1) is 0 Å². The smallest absolute Gasteiger partial charge is 0.224 e. The first-order valence-corrected chi connectivity index (χ1v) is 7.61. The Balaban J connectivity index is 3.11. The minimum atomic E-state index is -0.0463. The molecule has 0 heterocycles. The van der Waals surface area contributed by atoms with Crippen molar-refractivity contribution in [3.05, 3.63) is 29.3 Å². The van der Waals surface area contributed by atoms with Crippen LogP contribution in [0.3, 0.4) is 0 Å². The summed E-state index contributed by atoms with van der Waals surface area (Å²) in [6, 6.07) is 6.32. The number of aliphatic hydroxyl groups is 1. The average Bonchev–Trinajstić information content (AvgIpc) is 2.34. The van der Waals surface area contributed by atoms with Crippen LogP contribution < -0.4 is 5.32 Å². The molecule has 0 radical (unpaired) electrons. The third-order valence-corrected chi connectivity index (χ3v) is 3.51. The second-order valence-electron chi connectivity index (χ2n) is 7.67. The van der Waals surface area contributed by atoms with Gasteiger partial charge in [0.15, 0.2) is 0 Å². The Hall–Kier alpha value is -1.35. The second-order valence-corrected chi connectivity index (χ2v) is 7.67. The van der Waals surface area contributed by atoms with Crippen molar-refractivity contribution in [2.75, 3.05) is 11.9 Å². The number of anilines is 1. The quantitative estimate of drug-likeness (QED) is 0.881. The number of carbonyl (C=O) groups excluding carboxylic acids is 1. The maximum atomic E-state index is 11.9. The molecule has 0 saturated heterocycles. The van der Waals surface area contributed by atoms with E-state index in [4.69, 9.17) is 5.11 Å². The summed E-state index contributed by atoms with van der Waals surface area (Å²) in [4.78, 5) is 11.9. The minimum Gasteiger partial charge on any atom is -0.396 e. The fourth-order valence-electron chi connectivity index (χ4n) is 2.03. The Morgan fingerprint density at radius 2 is 1.48 bits per heavy atom. The summed E-state index contributed by atoms with van der Waals surface area (Å²) in [5, 5.41) is 11.8. The van der Waals surface area contributed by atoms with Crippen molar-refractivity contribution in [3.63, 3.8) is 0 Å². The van der Waals surface area contributed by atoms with Crippen LogP contribution in [-0.4, -0.2) is 17.6 Å². The van der Waals surface area contributed by atoms with E-state index in [0.29, 0.717) is 12.8 Å². The van der Waals surface area contributed by atoms with Gasteiger partial charge in [-0.2, -0.15) is 0 Å². The monoisotopic (exact) mass is 291 g/mol. The Morgan fingerprint density at radius 1 is 1.00 bits per heavy atom. The highest BCUT2D eigenvalue weighted by Gasteiger charge is 2.20. The van der Waals surface area contributed by atoms with Gasteiger partial charge in [0.25, 0.3) is 0 Å². The van der Waals surface area contributed by atoms with Gasteiger partial charge in [0.05, 0.1) is 0 Å². The Bertz CT molecular complexity index is 461. The second kappa shape index (κ2) is 6.61. The van der Waals surface area contributed by atoms with Crippen LogP contribution in [0.4, 0.5) is 5.69 Å². The van der Waals surface area contributed by atoms with Gasteiger partial charge in [0.2, 0.25) is 5.91 Å². The predicted molar refractivity (Wildman–Crippen MR) is 88.8 cm³/mol. The van der Waals surface area contributed by atoms with E-state index in [9.17, 15) is 4.79 Å². The van der Waals surface area contributed by atoms with Crippen molar-refractivity contribution in [2.45, 2.75) is 65.2 Å². The van der Waals surface area contributed by atoms with Gasteiger partial charge in [-0.25, -0.2) is 0 Å². The molecular weight excluding hydrogens is 262 g/mol. The molecule has 0 unspecified atom stereocenters. The normalized spacial score (nSPS) is 12.3. The molecule has 0 atom stereocenters. The lowest BCUT2D eigenvalue weighted by atomic mass is 9.80. The average molecular weight is 291 g/mol. The van der Waals surface area contributed by atoms with E-state index >= 15 is 0 Å². The summed E-state index contributed by atoms with van der Waals surface area (Å²) in [7, 11) is 0. The van der Waals surface area contributed by atoms with E-state index in [0.717, 1.165) is 5.69 Å². The van der Waals surface area contributed by atoms with Gasteiger partial charge in [0.1, 0.15) is 0 Å².